The van der Waals surface area contributed by atoms with Crippen LogP contribution in [0.4, 0.5) is 0 Å². The molecule has 19 heteroatoms. The third-order valence-corrected chi connectivity index (χ3v) is 22.6. The number of aliphatic hydroxyl groups excluding tert-OH is 1. The molecule has 5 atom stereocenters. The average Bonchev–Trinajstić information content (AvgIpc) is 0.912. The SMILES string of the molecule is CCCCCCCCCCCCCCCCCCCCCCC(=O)OC[C@H](COP(=O)(O)OC[C@@H](O)COP(=O)(O)OC[C@@H](COC(=O)CCCCCCCCCCC)OC(=O)CCCCCCCCCCCCCCCCC(C)C)OC(=O)CCCCCCCCCCCCCCCCCCCCC(C)C. The lowest BCUT2D eigenvalue weighted by molar-refractivity contribution is -0.161. The van der Waals surface area contributed by atoms with Gasteiger partial charge >= 0.3 is 39.5 Å². The minimum absolute atomic E-state index is 0.108. The Labute approximate surface area is 658 Å². The monoisotopic (exact) mass is 1560 g/mol. The molecule has 17 nitrogen and oxygen atoms in total. The molecule has 0 saturated carbocycles. The maximum atomic E-state index is 13.2. The predicted octanol–water partition coefficient (Wildman–Crippen LogP) is 27.0. The summed E-state index contributed by atoms with van der Waals surface area (Å²) in [6.07, 6.45) is 72.3. The fourth-order valence-electron chi connectivity index (χ4n) is 13.8. The van der Waals surface area contributed by atoms with Gasteiger partial charge in [-0.2, -0.15) is 0 Å². The van der Waals surface area contributed by atoms with E-state index in [-0.39, 0.29) is 25.7 Å². The Morgan fingerprint density at radius 2 is 0.430 bits per heavy atom. The van der Waals surface area contributed by atoms with Crippen LogP contribution in [-0.4, -0.2) is 96.7 Å². The number of hydrogen-bond acceptors (Lipinski definition) is 15. The highest BCUT2D eigenvalue weighted by molar-refractivity contribution is 7.47. The molecule has 0 aliphatic heterocycles. The lowest BCUT2D eigenvalue weighted by Gasteiger charge is -2.21. The lowest BCUT2D eigenvalue weighted by Crippen LogP contribution is -2.30. The molecule has 0 aromatic carbocycles. The van der Waals surface area contributed by atoms with Gasteiger partial charge in [-0.3, -0.25) is 37.3 Å². The highest BCUT2D eigenvalue weighted by atomic mass is 31.2. The van der Waals surface area contributed by atoms with Crippen LogP contribution in [0.1, 0.15) is 472 Å². The highest BCUT2D eigenvalue weighted by Crippen LogP contribution is 2.45. The van der Waals surface area contributed by atoms with Gasteiger partial charge in [0.2, 0.25) is 0 Å². The van der Waals surface area contributed by atoms with E-state index in [1.165, 1.54) is 289 Å². The van der Waals surface area contributed by atoms with Gasteiger partial charge in [0.1, 0.15) is 19.3 Å². The standard InChI is InChI=1S/C88H172O17P2/c1-7-9-11-13-15-17-18-19-20-21-22-23-27-30-36-41-47-53-59-65-71-86(91)99-77-84(105-88(93)72-66-60-54-48-42-37-31-28-25-24-26-29-34-39-45-50-56-62-68-80(3)4)79-103-107(96,97)101-75-82(89)74-100-106(94,95)102-78-83(76-98-85(90)70-64-58-52-44-16-14-12-10-8-2)104-87(92)73-67-61-55-49-43-38-33-32-35-40-46-51-57-63-69-81(5)6/h80-84,89H,7-79H2,1-6H3,(H,94,95)(H,96,97)/t82-,83+,84+/m0/s1. The van der Waals surface area contributed by atoms with Gasteiger partial charge in [-0.15, -0.1) is 0 Å². The third kappa shape index (κ3) is 81.9. The first-order valence-electron chi connectivity index (χ1n) is 45.5. The van der Waals surface area contributed by atoms with Crippen LogP contribution in [0.15, 0.2) is 0 Å². The molecule has 0 fully saturated rings. The van der Waals surface area contributed by atoms with Crippen LogP contribution in [0.3, 0.4) is 0 Å². The summed E-state index contributed by atoms with van der Waals surface area (Å²) in [6, 6.07) is 0. The van der Waals surface area contributed by atoms with Crippen molar-refractivity contribution >= 4 is 39.5 Å². The molecular weight excluding hydrogens is 1390 g/mol. The van der Waals surface area contributed by atoms with Crippen LogP contribution in [0.5, 0.6) is 0 Å². The van der Waals surface area contributed by atoms with Gasteiger partial charge in [-0.05, 0) is 37.5 Å². The van der Waals surface area contributed by atoms with Crippen molar-refractivity contribution in [2.24, 2.45) is 11.8 Å². The molecule has 0 spiro atoms. The number of phosphoric acid groups is 2. The summed E-state index contributed by atoms with van der Waals surface area (Å²) < 4.78 is 68.9. The number of carbonyl (C=O) groups excluding carboxylic acids is 4. The van der Waals surface area contributed by atoms with Crippen LogP contribution in [0.2, 0.25) is 0 Å². The van der Waals surface area contributed by atoms with E-state index in [0.717, 1.165) is 102 Å². The number of carbonyl (C=O) groups is 4. The minimum Gasteiger partial charge on any atom is -0.462 e. The predicted molar refractivity (Wildman–Crippen MR) is 442 cm³/mol. The average molecular weight is 1560 g/mol. The van der Waals surface area contributed by atoms with Gasteiger partial charge in [-0.25, -0.2) is 9.13 Å². The largest absolute Gasteiger partial charge is 0.472 e. The van der Waals surface area contributed by atoms with E-state index in [1.807, 2.05) is 0 Å². The maximum absolute atomic E-state index is 13.2. The molecule has 0 heterocycles. The second kappa shape index (κ2) is 79.3. The van der Waals surface area contributed by atoms with Crippen molar-refractivity contribution in [3.05, 3.63) is 0 Å². The van der Waals surface area contributed by atoms with E-state index in [2.05, 4.69) is 41.5 Å². The Bertz CT molecular complexity index is 2050. The molecule has 3 N–H and O–H groups in total. The van der Waals surface area contributed by atoms with Gasteiger partial charge < -0.3 is 33.8 Å². The molecule has 2 unspecified atom stereocenters. The van der Waals surface area contributed by atoms with Crippen molar-refractivity contribution < 1.29 is 80.2 Å². The minimum atomic E-state index is -4.97. The summed E-state index contributed by atoms with van der Waals surface area (Å²) in [7, 11) is -9.93. The normalized spacial score (nSPS) is 13.8. The first-order chi connectivity index (χ1) is 51.9. The second-order valence-electron chi connectivity index (χ2n) is 32.6. The Morgan fingerprint density at radius 1 is 0.252 bits per heavy atom. The van der Waals surface area contributed by atoms with E-state index >= 15 is 0 Å². The zero-order valence-electron chi connectivity index (χ0n) is 70.5. The molecule has 0 saturated heterocycles. The molecule has 0 amide bonds. The summed E-state index contributed by atoms with van der Waals surface area (Å²) in [4.78, 5) is 73.2. The highest BCUT2D eigenvalue weighted by Gasteiger charge is 2.30. The molecular formula is C88H172O17P2. The molecule has 0 aromatic rings. The van der Waals surface area contributed by atoms with Crippen molar-refractivity contribution in [3.63, 3.8) is 0 Å². The number of phosphoric ester groups is 2. The second-order valence-corrected chi connectivity index (χ2v) is 35.5. The molecule has 636 valence electrons. The van der Waals surface area contributed by atoms with Crippen molar-refractivity contribution in [2.45, 2.75) is 490 Å². The number of rotatable bonds is 87. The quantitative estimate of drug-likeness (QED) is 0.0222. The van der Waals surface area contributed by atoms with Gasteiger partial charge in [0, 0.05) is 25.7 Å². The van der Waals surface area contributed by atoms with E-state index in [1.54, 1.807) is 0 Å². The summed E-state index contributed by atoms with van der Waals surface area (Å²) in [6.45, 7) is 9.72. The van der Waals surface area contributed by atoms with Crippen LogP contribution >= 0.6 is 15.6 Å². The van der Waals surface area contributed by atoms with Crippen molar-refractivity contribution in [2.75, 3.05) is 39.6 Å². The fraction of sp³-hybridized carbons (Fsp3) is 0.955. The van der Waals surface area contributed by atoms with Crippen LogP contribution in [-0.2, 0) is 65.4 Å². The first kappa shape index (κ1) is 105. The molecule has 0 radical (unpaired) electrons. The Hall–Kier alpha value is -1.94. The summed E-state index contributed by atoms with van der Waals surface area (Å²) in [5.74, 6) is -0.485. The van der Waals surface area contributed by atoms with E-state index < -0.39 is 97.5 Å². The number of hydrogen-bond donors (Lipinski definition) is 3. The van der Waals surface area contributed by atoms with Crippen LogP contribution in [0, 0.1) is 11.8 Å². The van der Waals surface area contributed by atoms with Crippen molar-refractivity contribution in [1.29, 1.82) is 0 Å². The topological polar surface area (TPSA) is 237 Å². The summed E-state index contributed by atoms with van der Waals surface area (Å²) in [5.41, 5.74) is 0. The lowest BCUT2D eigenvalue weighted by atomic mass is 10.0. The molecule has 0 rings (SSSR count). The third-order valence-electron chi connectivity index (χ3n) is 20.7. The van der Waals surface area contributed by atoms with E-state index in [9.17, 15) is 43.2 Å². The summed E-state index contributed by atoms with van der Waals surface area (Å²) in [5, 5.41) is 10.7. The Kier molecular flexibility index (Phi) is 77.9. The number of unbranched alkanes of at least 4 members (excludes halogenated alkanes) is 57. The Morgan fingerprint density at radius 3 is 0.636 bits per heavy atom. The van der Waals surface area contributed by atoms with Gasteiger partial charge in [0.15, 0.2) is 12.2 Å². The van der Waals surface area contributed by atoms with E-state index in [4.69, 9.17) is 37.0 Å². The summed E-state index contributed by atoms with van der Waals surface area (Å²) >= 11 is 0. The number of esters is 4. The van der Waals surface area contributed by atoms with Crippen molar-refractivity contribution in [3.8, 4) is 0 Å². The maximum Gasteiger partial charge on any atom is 0.472 e. The zero-order chi connectivity index (χ0) is 78.5. The van der Waals surface area contributed by atoms with Crippen LogP contribution in [0.25, 0.3) is 0 Å². The number of aliphatic hydroxyl groups is 1. The first-order valence-corrected chi connectivity index (χ1v) is 48.5. The molecule has 0 aliphatic rings. The van der Waals surface area contributed by atoms with Gasteiger partial charge in [-0.1, -0.05) is 420 Å². The molecule has 0 aliphatic carbocycles. The zero-order valence-corrected chi connectivity index (χ0v) is 72.2. The van der Waals surface area contributed by atoms with Gasteiger partial charge in [0.25, 0.3) is 0 Å². The van der Waals surface area contributed by atoms with Crippen molar-refractivity contribution in [1.82, 2.24) is 0 Å². The Balaban J connectivity index is 5.20. The molecule has 0 aromatic heterocycles. The molecule has 107 heavy (non-hydrogen) atoms. The van der Waals surface area contributed by atoms with E-state index in [0.29, 0.717) is 25.7 Å². The van der Waals surface area contributed by atoms with Gasteiger partial charge in [0.05, 0.1) is 26.4 Å². The smallest absolute Gasteiger partial charge is 0.462 e. The fourth-order valence-corrected chi connectivity index (χ4v) is 15.4. The number of ether oxygens (including phenoxy) is 4. The van der Waals surface area contributed by atoms with Crippen LogP contribution < -0.4 is 0 Å². The molecule has 0 bridgehead atoms.